The molecule has 1 aliphatic rings. The van der Waals surface area contributed by atoms with Crippen molar-refractivity contribution in [2.24, 2.45) is 4.40 Å². The van der Waals surface area contributed by atoms with Gasteiger partial charge in [-0.1, -0.05) is 13.3 Å². The van der Waals surface area contributed by atoms with Crippen LogP contribution >= 0.6 is 0 Å². The first-order chi connectivity index (χ1) is 13.1. The van der Waals surface area contributed by atoms with Crippen LogP contribution in [0.2, 0.25) is 0 Å². The second-order valence-corrected chi connectivity index (χ2v) is 8.33. The number of nitrogens with one attached hydrogen (secondary N) is 1. The Kier molecular flexibility index (Phi) is 6.65. The number of nitrogens with zero attached hydrogens (tertiary/aromatic N) is 3. The molecule has 9 nitrogen and oxygen atoms in total. The number of anilines is 2. The largest absolute Gasteiger partial charge is 0.465 e. The SMILES string of the molecule is CCCCN1C(=O)[C@@H](C)Nc2c1cc(C(=O)OC)cc2S(=O)(=O)/N=C/N(C)C. The van der Waals surface area contributed by atoms with Gasteiger partial charge in [0.15, 0.2) is 0 Å². The highest BCUT2D eigenvalue weighted by Crippen LogP contribution is 2.39. The molecule has 0 aromatic heterocycles. The van der Waals surface area contributed by atoms with E-state index in [4.69, 9.17) is 4.74 Å². The third-order valence-corrected chi connectivity index (χ3v) is 5.47. The molecule has 1 N–H and O–H groups in total. The van der Waals surface area contributed by atoms with Gasteiger partial charge in [0, 0.05) is 20.6 Å². The Morgan fingerprint density at radius 1 is 1.39 bits per heavy atom. The molecule has 1 heterocycles. The van der Waals surface area contributed by atoms with Gasteiger partial charge in [-0.2, -0.15) is 8.42 Å². The molecule has 154 valence electrons. The summed E-state index contributed by atoms with van der Waals surface area (Å²) in [7, 11) is 0.370. The van der Waals surface area contributed by atoms with E-state index in [1.165, 1.54) is 35.4 Å². The first-order valence-electron chi connectivity index (χ1n) is 8.93. The Morgan fingerprint density at radius 2 is 2.07 bits per heavy atom. The molecule has 0 spiro atoms. The molecule has 10 heteroatoms. The lowest BCUT2D eigenvalue weighted by Crippen LogP contribution is -2.46. The van der Waals surface area contributed by atoms with Gasteiger partial charge in [0.2, 0.25) is 5.91 Å². The van der Waals surface area contributed by atoms with Gasteiger partial charge >= 0.3 is 5.97 Å². The van der Waals surface area contributed by atoms with E-state index >= 15 is 0 Å². The second-order valence-electron chi connectivity index (χ2n) is 6.73. The fourth-order valence-electron chi connectivity index (χ4n) is 2.79. The molecule has 0 bridgehead atoms. The van der Waals surface area contributed by atoms with Crippen molar-refractivity contribution < 1.29 is 22.7 Å². The van der Waals surface area contributed by atoms with Crippen LogP contribution in [0.15, 0.2) is 21.4 Å². The Hall–Kier alpha value is -2.62. The topological polar surface area (TPSA) is 108 Å². The average Bonchev–Trinajstić information content (AvgIpc) is 2.65. The van der Waals surface area contributed by atoms with Crippen molar-refractivity contribution in [2.75, 3.05) is 38.0 Å². The number of unbranched alkanes of at least 4 members (excludes halogenated alkanes) is 1. The van der Waals surface area contributed by atoms with Crippen molar-refractivity contribution in [1.82, 2.24) is 4.90 Å². The molecule has 2 rings (SSSR count). The standard InChI is InChI=1S/C18H26N4O5S/c1-6-7-8-22-14-9-13(18(24)27-5)10-15(16(14)20-12(2)17(22)23)28(25,26)19-11-21(3)4/h9-12,20H,6-8H2,1-5H3/b19-11+/t12-/m1/s1. The lowest BCUT2D eigenvalue weighted by Gasteiger charge is -2.35. The fourth-order valence-corrected chi connectivity index (χ4v) is 3.91. The zero-order valence-electron chi connectivity index (χ0n) is 16.7. The zero-order valence-corrected chi connectivity index (χ0v) is 17.5. The smallest absolute Gasteiger partial charge is 0.337 e. The Balaban J connectivity index is 2.74. The summed E-state index contributed by atoms with van der Waals surface area (Å²) in [5.41, 5.74) is 0.621. The number of hydrogen-bond donors (Lipinski definition) is 1. The average molecular weight is 410 g/mol. The molecule has 1 aliphatic heterocycles. The highest BCUT2D eigenvalue weighted by Gasteiger charge is 2.35. The summed E-state index contributed by atoms with van der Waals surface area (Å²) in [6.07, 6.45) is 2.76. The molecule has 1 aromatic rings. The summed E-state index contributed by atoms with van der Waals surface area (Å²) in [4.78, 5) is 27.6. The summed E-state index contributed by atoms with van der Waals surface area (Å²) >= 11 is 0. The van der Waals surface area contributed by atoms with E-state index in [2.05, 4.69) is 9.71 Å². The van der Waals surface area contributed by atoms with E-state index in [0.717, 1.165) is 12.8 Å². The number of sulfonamides is 1. The van der Waals surface area contributed by atoms with Crippen LogP contribution in [0.5, 0.6) is 0 Å². The maximum atomic E-state index is 12.9. The number of rotatable bonds is 7. The minimum Gasteiger partial charge on any atom is -0.465 e. The number of hydrogen-bond acceptors (Lipinski definition) is 6. The Bertz CT molecular complexity index is 895. The van der Waals surface area contributed by atoms with E-state index in [-0.39, 0.29) is 22.1 Å². The third kappa shape index (κ3) is 4.44. The molecule has 1 aromatic carbocycles. The quantitative estimate of drug-likeness (QED) is 0.414. The van der Waals surface area contributed by atoms with Crippen LogP contribution in [-0.4, -0.2) is 65.3 Å². The van der Waals surface area contributed by atoms with Crippen LogP contribution < -0.4 is 10.2 Å². The van der Waals surface area contributed by atoms with E-state index in [9.17, 15) is 18.0 Å². The third-order valence-electron chi connectivity index (χ3n) is 4.22. The van der Waals surface area contributed by atoms with Crippen molar-refractivity contribution in [1.29, 1.82) is 0 Å². The predicted octanol–water partition coefficient (Wildman–Crippen LogP) is 1.70. The van der Waals surface area contributed by atoms with Gasteiger partial charge in [0.1, 0.15) is 17.3 Å². The molecule has 28 heavy (non-hydrogen) atoms. The van der Waals surface area contributed by atoms with E-state index in [1.54, 1.807) is 21.0 Å². The number of esters is 1. The normalized spacial score (nSPS) is 16.7. The van der Waals surface area contributed by atoms with Crippen molar-refractivity contribution in [3.8, 4) is 0 Å². The first kappa shape index (κ1) is 21.7. The van der Waals surface area contributed by atoms with Crippen molar-refractivity contribution >= 4 is 39.6 Å². The minimum absolute atomic E-state index is 0.0329. The van der Waals surface area contributed by atoms with Gasteiger partial charge in [0.05, 0.1) is 24.0 Å². The summed E-state index contributed by atoms with van der Waals surface area (Å²) in [5.74, 6) is -0.888. The molecule has 1 atom stereocenters. The summed E-state index contributed by atoms with van der Waals surface area (Å²) < 4.78 is 34.1. The molecule has 0 radical (unpaired) electrons. The van der Waals surface area contributed by atoms with Crippen LogP contribution in [0.3, 0.4) is 0 Å². The second kappa shape index (κ2) is 8.59. The number of carbonyl (C=O) groups excluding carboxylic acids is 2. The lowest BCUT2D eigenvalue weighted by molar-refractivity contribution is -0.119. The van der Waals surface area contributed by atoms with Crippen molar-refractivity contribution in [3.05, 3.63) is 17.7 Å². The summed E-state index contributed by atoms with van der Waals surface area (Å²) in [5, 5.41) is 2.95. The monoisotopic (exact) mass is 410 g/mol. The van der Waals surface area contributed by atoms with Crippen LogP contribution in [0.25, 0.3) is 0 Å². The van der Waals surface area contributed by atoms with Gasteiger partial charge in [-0.3, -0.25) is 4.79 Å². The molecule has 0 unspecified atom stereocenters. The number of amides is 1. The highest BCUT2D eigenvalue weighted by atomic mass is 32.2. The molecule has 0 fully saturated rings. The number of methoxy groups -OCH3 is 1. The number of fused-ring (bicyclic) bond motifs is 1. The first-order valence-corrected chi connectivity index (χ1v) is 10.4. The van der Waals surface area contributed by atoms with Crippen molar-refractivity contribution in [2.45, 2.75) is 37.6 Å². The summed E-state index contributed by atoms with van der Waals surface area (Å²) in [6, 6.07) is 2.09. The highest BCUT2D eigenvalue weighted by molar-refractivity contribution is 7.90. The number of benzene rings is 1. The van der Waals surface area contributed by atoms with Gasteiger partial charge in [0.25, 0.3) is 10.0 Å². The fraction of sp³-hybridized carbons (Fsp3) is 0.500. The lowest BCUT2D eigenvalue weighted by atomic mass is 10.1. The van der Waals surface area contributed by atoms with Crippen LogP contribution in [0.4, 0.5) is 11.4 Å². The molecule has 0 saturated carbocycles. The molecule has 0 aliphatic carbocycles. The molecular weight excluding hydrogens is 384 g/mol. The van der Waals surface area contributed by atoms with Crippen LogP contribution in [-0.2, 0) is 19.6 Å². The number of carbonyl (C=O) groups is 2. The minimum atomic E-state index is -4.13. The van der Waals surface area contributed by atoms with Crippen LogP contribution in [0, 0.1) is 0 Å². The van der Waals surface area contributed by atoms with Gasteiger partial charge in [-0.25, -0.2) is 4.79 Å². The predicted molar refractivity (Wildman–Crippen MR) is 107 cm³/mol. The maximum absolute atomic E-state index is 12.9. The molecular formula is C18H26N4O5S. The van der Waals surface area contributed by atoms with E-state index < -0.39 is 22.0 Å². The summed E-state index contributed by atoms with van der Waals surface area (Å²) in [6.45, 7) is 4.07. The Morgan fingerprint density at radius 3 is 2.64 bits per heavy atom. The Labute approximate surface area is 165 Å². The van der Waals surface area contributed by atoms with E-state index in [0.29, 0.717) is 12.2 Å². The van der Waals surface area contributed by atoms with Crippen LogP contribution in [0.1, 0.15) is 37.0 Å². The van der Waals surface area contributed by atoms with Gasteiger partial charge < -0.3 is 19.9 Å². The maximum Gasteiger partial charge on any atom is 0.337 e. The van der Waals surface area contributed by atoms with Gasteiger partial charge in [-0.15, -0.1) is 4.40 Å². The molecule has 1 amide bonds. The van der Waals surface area contributed by atoms with Gasteiger partial charge in [-0.05, 0) is 25.5 Å². The molecule has 0 saturated heterocycles. The van der Waals surface area contributed by atoms with E-state index in [1.807, 2.05) is 6.92 Å². The van der Waals surface area contributed by atoms with Crippen molar-refractivity contribution in [3.63, 3.8) is 0 Å². The zero-order chi connectivity index (χ0) is 21.1. The number of ether oxygens (including phenoxy) is 1.